The minimum absolute atomic E-state index is 0.0110. The Morgan fingerprint density at radius 2 is 1.85 bits per heavy atom. The van der Waals surface area contributed by atoms with Crippen LogP contribution in [-0.4, -0.2) is 66.8 Å². The highest BCUT2D eigenvalue weighted by molar-refractivity contribution is 5.94. The molecule has 0 aromatic heterocycles. The fraction of sp³-hybridized carbons (Fsp3) is 0.619. The summed E-state index contributed by atoms with van der Waals surface area (Å²) in [7, 11) is 0. The van der Waals surface area contributed by atoms with E-state index in [4.69, 9.17) is 0 Å². The molecule has 0 N–H and O–H groups in total. The van der Waals surface area contributed by atoms with Crippen LogP contribution < -0.4 is 4.90 Å². The highest BCUT2D eigenvalue weighted by atomic mass is 19.1. The zero-order chi connectivity index (χ0) is 19.4. The summed E-state index contributed by atoms with van der Waals surface area (Å²) in [6, 6.07) is 4.66. The molecule has 2 heterocycles. The summed E-state index contributed by atoms with van der Waals surface area (Å²) in [6.45, 7) is 8.03. The molecule has 1 unspecified atom stereocenters. The Hall–Kier alpha value is -1.95. The number of anilines is 1. The van der Waals surface area contributed by atoms with Gasteiger partial charge >= 0.3 is 0 Å². The number of carbonyl (C=O) groups is 2. The molecule has 0 bridgehead atoms. The molecule has 6 heteroatoms. The van der Waals surface area contributed by atoms with Crippen LogP contribution in [-0.2, 0) is 4.79 Å². The van der Waals surface area contributed by atoms with E-state index in [1.807, 2.05) is 9.80 Å². The van der Waals surface area contributed by atoms with Crippen molar-refractivity contribution in [2.45, 2.75) is 45.6 Å². The number of ketones is 1. The number of likely N-dealkylation sites (tertiary alicyclic amines) is 1. The Balaban J connectivity index is 1.61. The maximum atomic E-state index is 14.4. The lowest BCUT2D eigenvalue weighted by Crippen LogP contribution is -2.56. The first kappa shape index (κ1) is 19.8. The maximum absolute atomic E-state index is 14.4. The molecule has 1 atom stereocenters. The summed E-state index contributed by atoms with van der Waals surface area (Å²) in [6.07, 6.45) is 4.30. The molecule has 2 fully saturated rings. The van der Waals surface area contributed by atoms with Crippen LogP contribution in [0.2, 0.25) is 0 Å². The Labute approximate surface area is 161 Å². The van der Waals surface area contributed by atoms with E-state index in [1.54, 1.807) is 12.1 Å². The van der Waals surface area contributed by atoms with Gasteiger partial charge in [-0.25, -0.2) is 4.39 Å². The minimum Gasteiger partial charge on any atom is -0.366 e. The summed E-state index contributed by atoms with van der Waals surface area (Å²) in [5, 5.41) is 0. The Kier molecular flexibility index (Phi) is 6.47. The molecule has 3 rings (SSSR count). The van der Waals surface area contributed by atoms with Gasteiger partial charge in [0.05, 0.1) is 11.7 Å². The van der Waals surface area contributed by atoms with Crippen LogP contribution in [0, 0.1) is 5.82 Å². The van der Waals surface area contributed by atoms with Crippen LogP contribution in [0.3, 0.4) is 0 Å². The molecule has 1 amide bonds. The first-order valence-electron chi connectivity index (χ1n) is 10.1. The molecular weight excluding hydrogens is 345 g/mol. The second-order valence-electron chi connectivity index (χ2n) is 7.58. The van der Waals surface area contributed by atoms with E-state index in [1.165, 1.54) is 19.4 Å². The fourth-order valence-electron chi connectivity index (χ4n) is 4.19. The number of nitrogens with zero attached hydrogens (tertiary/aromatic N) is 3. The van der Waals surface area contributed by atoms with Crippen molar-refractivity contribution in [1.29, 1.82) is 0 Å². The molecule has 1 aromatic carbocycles. The van der Waals surface area contributed by atoms with Gasteiger partial charge in [-0.2, -0.15) is 0 Å². The smallest absolute Gasteiger partial charge is 0.240 e. The van der Waals surface area contributed by atoms with Gasteiger partial charge in [0.1, 0.15) is 5.82 Å². The van der Waals surface area contributed by atoms with Gasteiger partial charge in [-0.05, 0) is 57.5 Å². The number of hydrogen-bond donors (Lipinski definition) is 0. The topological polar surface area (TPSA) is 43.9 Å². The van der Waals surface area contributed by atoms with Crippen molar-refractivity contribution >= 4 is 17.4 Å². The number of carbonyl (C=O) groups excluding carboxylic acids is 2. The van der Waals surface area contributed by atoms with Crippen LogP contribution in [0.4, 0.5) is 10.1 Å². The highest BCUT2D eigenvalue weighted by Crippen LogP contribution is 2.24. The van der Waals surface area contributed by atoms with Gasteiger partial charge in [0.25, 0.3) is 0 Å². The molecular formula is C21H30FN3O2. The minimum atomic E-state index is -0.371. The first-order chi connectivity index (χ1) is 13.0. The van der Waals surface area contributed by atoms with Crippen molar-refractivity contribution in [2.24, 2.45) is 0 Å². The van der Waals surface area contributed by atoms with Crippen LogP contribution in [0.25, 0.3) is 0 Å². The average molecular weight is 375 g/mol. The van der Waals surface area contributed by atoms with Gasteiger partial charge < -0.3 is 9.80 Å². The van der Waals surface area contributed by atoms with Crippen molar-refractivity contribution in [3.05, 3.63) is 29.6 Å². The van der Waals surface area contributed by atoms with E-state index in [-0.39, 0.29) is 23.5 Å². The molecule has 148 valence electrons. The Bertz CT molecular complexity index is 684. The lowest BCUT2D eigenvalue weighted by atomic mass is 10.00. The standard InChI is InChI=1S/C21H30FN3O2/c1-3-9-23-10-5-4-6-20(23)21(27)25-13-11-24(12-14-25)19-8-7-17(16(2)26)15-18(19)22/h7-8,15,20H,3-6,9-14H2,1-2H3. The molecule has 0 spiro atoms. The van der Waals surface area contributed by atoms with Crippen LogP contribution >= 0.6 is 0 Å². The normalized spacial score (nSPS) is 21.4. The molecule has 0 aliphatic carbocycles. The number of rotatable bonds is 5. The molecule has 0 saturated carbocycles. The summed E-state index contributed by atoms with van der Waals surface area (Å²) >= 11 is 0. The zero-order valence-corrected chi connectivity index (χ0v) is 16.4. The molecule has 27 heavy (non-hydrogen) atoms. The monoisotopic (exact) mass is 375 g/mol. The third kappa shape index (κ3) is 4.49. The van der Waals surface area contributed by atoms with Crippen molar-refractivity contribution in [3.63, 3.8) is 0 Å². The number of Topliss-reactive ketones (excluding diaryl/α,β-unsaturated/α-hetero) is 1. The number of amides is 1. The fourth-order valence-corrected chi connectivity index (χ4v) is 4.19. The number of piperazine rings is 1. The molecule has 2 saturated heterocycles. The van der Waals surface area contributed by atoms with Gasteiger partial charge in [-0.15, -0.1) is 0 Å². The lowest BCUT2D eigenvalue weighted by Gasteiger charge is -2.41. The summed E-state index contributed by atoms with van der Waals surface area (Å²) < 4.78 is 14.4. The second-order valence-corrected chi connectivity index (χ2v) is 7.58. The van der Waals surface area contributed by atoms with Gasteiger partial charge in [-0.1, -0.05) is 13.3 Å². The third-order valence-corrected chi connectivity index (χ3v) is 5.70. The van der Waals surface area contributed by atoms with Crippen molar-refractivity contribution in [3.8, 4) is 0 Å². The van der Waals surface area contributed by atoms with E-state index in [0.29, 0.717) is 37.4 Å². The largest absolute Gasteiger partial charge is 0.366 e. The van der Waals surface area contributed by atoms with Crippen molar-refractivity contribution < 1.29 is 14.0 Å². The number of benzene rings is 1. The average Bonchev–Trinajstić information content (AvgIpc) is 2.68. The van der Waals surface area contributed by atoms with Gasteiger partial charge in [0.2, 0.25) is 5.91 Å². The Morgan fingerprint density at radius 1 is 1.11 bits per heavy atom. The van der Waals surface area contributed by atoms with E-state index < -0.39 is 0 Å². The Morgan fingerprint density at radius 3 is 2.48 bits per heavy atom. The number of halogens is 1. The second kappa shape index (κ2) is 8.83. The molecule has 2 aliphatic heterocycles. The van der Waals surface area contributed by atoms with E-state index in [0.717, 1.165) is 32.4 Å². The van der Waals surface area contributed by atoms with E-state index in [9.17, 15) is 14.0 Å². The van der Waals surface area contributed by atoms with Crippen LogP contribution in [0.1, 0.15) is 49.9 Å². The quantitative estimate of drug-likeness (QED) is 0.743. The van der Waals surface area contributed by atoms with Gasteiger partial charge in [0, 0.05) is 31.7 Å². The molecule has 2 aliphatic rings. The maximum Gasteiger partial charge on any atom is 0.240 e. The zero-order valence-electron chi connectivity index (χ0n) is 16.4. The SMILES string of the molecule is CCCN1CCCCC1C(=O)N1CCN(c2ccc(C(C)=O)cc2F)CC1. The first-order valence-corrected chi connectivity index (χ1v) is 10.1. The predicted octanol–water partition coefficient (Wildman–Crippen LogP) is 2.94. The third-order valence-electron chi connectivity index (χ3n) is 5.70. The highest BCUT2D eigenvalue weighted by Gasteiger charge is 2.33. The van der Waals surface area contributed by atoms with E-state index in [2.05, 4.69) is 11.8 Å². The summed E-state index contributed by atoms with van der Waals surface area (Å²) in [4.78, 5) is 30.7. The predicted molar refractivity (Wildman–Crippen MR) is 105 cm³/mol. The van der Waals surface area contributed by atoms with Gasteiger partial charge in [-0.3, -0.25) is 14.5 Å². The summed E-state index contributed by atoms with van der Waals surface area (Å²) in [5.41, 5.74) is 0.899. The molecule has 0 radical (unpaired) electrons. The lowest BCUT2D eigenvalue weighted by molar-refractivity contribution is -0.138. The number of hydrogen-bond acceptors (Lipinski definition) is 4. The van der Waals surface area contributed by atoms with Crippen LogP contribution in [0.5, 0.6) is 0 Å². The van der Waals surface area contributed by atoms with Crippen LogP contribution in [0.15, 0.2) is 18.2 Å². The number of piperidine rings is 1. The molecule has 1 aromatic rings. The molecule has 5 nitrogen and oxygen atoms in total. The van der Waals surface area contributed by atoms with E-state index >= 15 is 0 Å². The van der Waals surface area contributed by atoms with Crippen molar-refractivity contribution in [2.75, 3.05) is 44.2 Å². The van der Waals surface area contributed by atoms with Crippen molar-refractivity contribution in [1.82, 2.24) is 9.80 Å². The summed E-state index contributed by atoms with van der Waals surface area (Å²) in [5.74, 6) is -0.279. The van der Waals surface area contributed by atoms with Gasteiger partial charge in [0.15, 0.2) is 5.78 Å².